The number of benzene rings is 4. The zero-order valence-corrected chi connectivity index (χ0v) is 43.1. The SMILES string of the molecule is O=C(CCCC(=O)OCN1C(=O)CCc2ccc(OCCCCN3CCN(c4cccc(Cl)c4Cl)CC3)cc21)OCN1C(=O)CCc2ccc(OCCCCN3CCN(c4cccc(Cl)c4Cl)CC3)cc21. The lowest BCUT2D eigenvalue weighted by atomic mass is 10.0. The molecule has 380 valence electrons. The third kappa shape index (κ3) is 14.2. The number of nitrogens with zero attached hydrogens (tertiary/aromatic N) is 6. The summed E-state index contributed by atoms with van der Waals surface area (Å²) in [4.78, 5) is 64.1. The fourth-order valence-electron chi connectivity index (χ4n) is 9.44. The molecule has 2 amide bonds. The van der Waals surface area contributed by atoms with Gasteiger partial charge in [0, 0.05) is 90.2 Å². The average molecular weight is 1050 g/mol. The van der Waals surface area contributed by atoms with Gasteiger partial charge in [-0.05, 0) is 106 Å². The molecule has 4 aliphatic rings. The molecular weight excluding hydrogens is 990 g/mol. The molecule has 0 radical (unpaired) electrons. The molecule has 8 rings (SSSR count). The maximum absolute atomic E-state index is 13.0. The van der Waals surface area contributed by atoms with E-state index in [1.54, 1.807) is 12.1 Å². The Morgan fingerprint density at radius 1 is 0.479 bits per heavy atom. The number of amides is 2. The number of halogens is 4. The molecule has 0 aromatic heterocycles. The molecule has 71 heavy (non-hydrogen) atoms. The summed E-state index contributed by atoms with van der Waals surface area (Å²) >= 11 is 25.4. The van der Waals surface area contributed by atoms with Crippen molar-refractivity contribution < 1.29 is 38.1 Å². The third-order valence-corrected chi connectivity index (χ3v) is 15.2. The Labute approximate surface area is 436 Å². The van der Waals surface area contributed by atoms with Gasteiger partial charge in [0.2, 0.25) is 11.8 Å². The smallest absolute Gasteiger partial charge is 0.307 e. The van der Waals surface area contributed by atoms with E-state index in [2.05, 4.69) is 19.6 Å². The minimum absolute atomic E-state index is 0.0405. The summed E-state index contributed by atoms with van der Waals surface area (Å²) in [5.41, 5.74) is 5.24. The van der Waals surface area contributed by atoms with Crippen LogP contribution in [0.3, 0.4) is 0 Å². The van der Waals surface area contributed by atoms with E-state index in [9.17, 15) is 19.2 Å². The van der Waals surface area contributed by atoms with Gasteiger partial charge >= 0.3 is 11.9 Å². The average Bonchev–Trinajstić information content (AvgIpc) is 3.37. The molecule has 18 heteroatoms. The van der Waals surface area contributed by atoms with E-state index >= 15 is 0 Å². The fourth-order valence-corrected chi connectivity index (χ4v) is 10.3. The Kier molecular flexibility index (Phi) is 18.9. The highest BCUT2D eigenvalue weighted by atomic mass is 35.5. The number of ether oxygens (including phenoxy) is 4. The van der Waals surface area contributed by atoms with Crippen LogP contribution < -0.4 is 29.1 Å². The van der Waals surface area contributed by atoms with E-state index in [0.717, 1.165) is 114 Å². The summed E-state index contributed by atoms with van der Waals surface area (Å²) in [6.45, 7) is 9.84. The number of aryl methyl sites for hydroxylation is 2. The summed E-state index contributed by atoms with van der Waals surface area (Å²) in [5, 5.41) is 2.34. The summed E-state index contributed by atoms with van der Waals surface area (Å²) in [7, 11) is 0. The van der Waals surface area contributed by atoms with Gasteiger partial charge in [-0.25, -0.2) is 0 Å². The second kappa shape index (κ2) is 25.6. The standard InChI is InChI=1S/C53H62Cl4N6O8/c54-42-8-5-10-44(52(42)56)60-28-24-58(25-29-60)22-1-3-32-68-40-18-14-38-16-20-48(64)62(46(38)34-40)36-70-50(66)12-7-13-51(67)71-37-63-47-35-41(19-15-39(47)17-21-49(63)65)69-33-4-2-23-59-26-30-61(31-27-59)45-11-6-9-43(55)53(45)57/h5-6,8-11,14-15,18-19,34-35H,1-4,7,12-13,16-17,20-33,36-37H2. The minimum Gasteiger partial charge on any atom is -0.494 e. The Morgan fingerprint density at radius 3 is 1.32 bits per heavy atom. The Hall–Kier alpha value is -4.96. The van der Waals surface area contributed by atoms with Crippen molar-refractivity contribution in [2.24, 2.45) is 0 Å². The van der Waals surface area contributed by atoms with E-state index < -0.39 is 11.9 Å². The Bertz CT molecular complexity index is 2330. The maximum atomic E-state index is 13.0. The lowest BCUT2D eigenvalue weighted by Crippen LogP contribution is -2.46. The zero-order chi connectivity index (χ0) is 49.7. The number of carbonyl (C=O) groups is 4. The zero-order valence-electron chi connectivity index (χ0n) is 40.1. The van der Waals surface area contributed by atoms with Crippen LogP contribution in [0.1, 0.15) is 68.9 Å². The number of hydrogen-bond acceptors (Lipinski definition) is 12. The molecule has 0 spiro atoms. The molecule has 0 saturated carbocycles. The predicted octanol–water partition coefficient (Wildman–Crippen LogP) is 9.69. The highest BCUT2D eigenvalue weighted by Crippen LogP contribution is 2.36. The van der Waals surface area contributed by atoms with Crippen molar-refractivity contribution in [3.63, 3.8) is 0 Å². The van der Waals surface area contributed by atoms with Gasteiger partial charge in [0.25, 0.3) is 0 Å². The number of piperazine rings is 2. The van der Waals surface area contributed by atoms with Gasteiger partial charge in [-0.15, -0.1) is 0 Å². The number of rotatable bonds is 22. The van der Waals surface area contributed by atoms with Crippen LogP contribution in [-0.2, 0) is 41.5 Å². The fraction of sp³-hybridized carbons (Fsp3) is 0.472. The number of esters is 2. The first-order valence-electron chi connectivity index (χ1n) is 24.8. The van der Waals surface area contributed by atoms with Gasteiger partial charge in [-0.3, -0.25) is 38.8 Å². The first-order valence-corrected chi connectivity index (χ1v) is 26.3. The van der Waals surface area contributed by atoms with E-state index in [1.807, 2.05) is 60.7 Å². The van der Waals surface area contributed by atoms with Crippen molar-refractivity contribution in [3.8, 4) is 11.5 Å². The minimum atomic E-state index is -0.536. The molecule has 4 aromatic rings. The van der Waals surface area contributed by atoms with Crippen LogP contribution in [0.15, 0.2) is 72.8 Å². The molecule has 0 aliphatic carbocycles. The van der Waals surface area contributed by atoms with Gasteiger partial charge in [0.1, 0.15) is 11.5 Å². The Balaban J connectivity index is 0.702. The third-order valence-electron chi connectivity index (χ3n) is 13.5. The van der Waals surface area contributed by atoms with Crippen LogP contribution >= 0.6 is 46.4 Å². The summed E-state index contributed by atoms with van der Waals surface area (Å²) < 4.78 is 23.3. The monoisotopic (exact) mass is 1050 g/mol. The molecular formula is C53H62Cl4N6O8. The van der Waals surface area contributed by atoms with Crippen LogP contribution in [0.25, 0.3) is 0 Å². The molecule has 4 aromatic carbocycles. The number of hydrogen-bond donors (Lipinski definition) is 0. The Morgan fingerprint density at radius 2 is 0.901 bits per heavy atom. The lowest BCUT2D eigenvalue weighted by Gasteiger charge is -2.36. The van der Waals surface area contributed by atoms with Gasteiger partial charge in [0.15, 0.2) is 13.5 Å². The van der Waals surface area contributed by atoms with Crippen LogP contribution in [0.5, 0.6) is 11.5 Å². The molecule has 0 bridgehead atoms. The van der Waals surface area contributed by atoms with E-state index in [0.29, 0.717) is 81.9 Å². The van der Waals surface area contributed by atoms with Crippen LogP contribution in [-0.4, -0.2) is 126 Å². The van der Waals surface area contributed by atoms with Gasteiger partial charge in [-0.2, -0.15) is 0 Å². The van der Waals surface area contributed by atoms with Crippen molar-refractivity contribution in [2.75, 3.05) is 112 Å². The molecule has 0 atom stereocenters. The predicted molar refractivity (Wildman–Crippen MR) is 280 cm³/mol. The second-order valence-corrected chi connectivity index (χ2v) is 19.9. The number of fused-ring (bicyclic) bond motifs is 2. The molecule has 4 heterocycles. The van der Waals surface area contributed by atoms with Crippen LogP contribution in [0.4, 0.5) is 22.7 Å². The molecule has 4 aliphatic heterocycles. The van der Waals surface area contributed by atoms with Gasteiger partial charge in [0.05, 0.1) is 56.1 Å². The molecule has 2 fully saturated rings. The highest BCUT2D eigenvalue weighted by molar-refractivity contribution is 6.44. The summed E-state index contributed by atoms with van der Waals surface area (Å²) in [6.07, 6.45) is 5.60. The summed E-state index contributed by atoms with van der Waals surface area (Å²) in [5.74, 6) is -0.0637. The normalized spacial score (nSPS) is 16.5. The molecule has 0 unspecified atom stereocenters. The molecule has 0 N–H and O–H groups in total. The number of carbonyl (C=O) groups excluding carboxylic acids is 4. The van der Waals surface area contributed by atoms with Gasteiger partial charge in [-0.1, -0.05) is 70.7 Å². The van der Waals surface area contributed by atoms with E-state index in [4.69, 9.17) is 65.4 Å². The molecule has 14 nitrogen and oxygen atoms in total. The first kappa shape index (κ1) is 52.4. The second-order valence-electron chi connectivity index (χ2n) is 18.3. The van der Waals surface area contributed by atoms with Crippen LogP contribution in [0, 0.1) is 0 Å². The van der Waals surface area contributed by atoms with Crippen molar-refractivity contribution in [3.05, 3.63) is 104 Å². The number of anilines is 4. The van der Waals surface area contributed by atoms with Crippen molar-refractivity contribution >= 4 is 92.9 Å². The first-order chi connectivity index (χ1) is 34.5. The summed E-state index contributed by atoms with van der Waals surface area (Å²) in [6, 6.07) is 22.9. The lowest BCUT2D eigenvalue weighted by molar-refractivity contribution is -0.145. The van der Waals surface area contributed by atoms with Crippen molar-refractivity contribution in [1.82, 2.24) is 9.80 Å². The number of unbranched alkanes of at least 4 members (excludes halogenated alkanes) is 2. The quantitative estimate of drug-likeness (QED) is 0.0550. The van der Waals surface area contributed by atoms with Crippen molar-refractivity contribution in [1.29, 1.82) is 0 Å². The topological polar surface area (TPSA) is 125 Å². The highest BCUT2D eigenvalue weighted by Gasteiger charge is 2.28. The van der Waals surface area contributed by atoms with E-state index in [-0.39, 0.29) is 44.5 Å². The van der Waals surface area contributed by atoms with Crippen LogP contribution in [0.2, 0.25) is 20.1 Å². The van der Waals surface area contributed by atoms with Gasteiger partial charge < -0.3 is 28.7 Å². The van der Waals surface area contributed by atoms with E-state index in [1.165, 1.54) is 9.80 Å². The van der Waals surface area contributed by atoms with Crippen molar-refractivity contribution in [2.45, 2.75) is 70.6 Å². The molecule has 2 saturated heterocycles. The maximum Gasteiger partial charge on any atom is 0.307 e. The largest absolute Gasteiger partial charge is 0.494 e.